The highest BCUT2D eigenvalue weighted by Gasteiger charge is 2.08. The lowest BCUT2D eigenvalue weighted by Gasteiger charge is -2.18. The summed E-state index contributed by atoms with van der Waals surface area (Å²) >= 11 is 0. The first-order chi connectivity index (χ1) is 9.58. The Morgan fingerprint density at radius 2 is 1.70 bits per heavy atom. The summed E-state index contributed by atoms with van der Waals surface area (Å²) in [6, 6.07) is 16.1. The minimum Gasteiger partial charge on any atom is -0.374 e. The van der Waals surface area contributed by atoms with E-state index in [2.05, 4.69) is 24.0 Å². The van der Waals surface area contributed by atoms with E-state index in [-0.39, 0.29) is 5.78 Å². The monoisotopic (exact) mass is 267 g/mol. The minimum absolute atomic E-state index is 0.205. The molecule has 0 aliphatic carbocycles. The normalized spacial score (nSPS) is 10.3. The van der Waals surface area contributed by atoms with Crippen molar-refractivity contribution in [3.63, 3.8) is 0 Å². The van der Waals surface area contributed by atoms with E-state index in [1.54, 1.807) is 0 Å². The van der Waals surface area contributed by atoms with Gasteiger partial charge in [-0.25, -0.2) is 0 Å². The number of nitrogens with zero attached hydrogens (tertiary/aromatic N) is 1. The topological polar surface area (TPSA) is 20.3 Å². The van der Waals surface area contributed by atoms with E-state index < -0.39 is 0 Å². The van der Waals surface area contributed by atoms with E-state index >= 15 is 0 Å². The smallest absolute Gasteiger partial charge is 0.164 e. The Balaban J connectivity index is 1.97. The van der Waals surface area contributed by atoms with Crippen LogP contribution < -0.4 is 4.90 Å². The van der Waals surface area contributed by atoms with Crippen molar-refractivity contribution in [3.05, 3.63) is 65.2 Å². The first-order valence-corrected chi connectivity index (χ1v) is 6.94. The lowest BCUT2D eigenvalue weighted by Crippen LogP contribution is -2.21. The van der Waals surface area contributed by atoms with Crippen molar-refractivity contribution >= 4 is 11.5 Å². The Bertz CT molecular complexity index is 590. The molecule has 0 spiro atoms. The molecule has 0 aliphatic rings. The molecular formula is C18H21NO. The van der Waals surface area contributed by atoms with Gasteiger partial charge in [0.2, 0.25) is 0 Å². The maximum absolute atomic E-state index is 12.2. The quantitative estimate of drug-likeness (QED) is 0.763. The molecule has 2 heteroatoms. The summed E-state index contributed by atoms with van der Waals surface area (Å²) < 4.78 is 0. The molecule has 0 fully saturated rings. The standard InChI is InChI=1S/C18H21NO/c1-14-9-10-16(13-15(14)2)18(20)11-12-19(3)17-7-5-4-6-8-17/h4-10,13H,11-12H2,1-3H3. The number of hydrogen-bond donors (Lipinski definition) is 0. The van der Waals surface area contributed by atoms with E-state index in [0.717, 1.165) is 17.8 Å². The van der Waals surface area contributed by atoms with Crippen LogP contribution in [0.25, 0.3) is 0 Å². The number of ketones is 1. The molecule has 0 radical (unpaired) electrons. The van der Waals surface area contributed by atoms with Crippen LogP contribution >= 0.6 is 0 Å². The molecule has 0 N–H and O–H groups in total. The average Bonchev–Trinajstić information content (AvgIpc) is 2.48. The Morgan fingerprint density at radius 3 is 2.35 bits per heavy atom. The van der Waals surface area contributed by atoms with Gasteiger partial charge in [0.15, 0.2) is 5.78 Å². The third-order valence-corrected chi connectivity index (χ3v) is 3.70. The minimum atomic E-state index is 0.205. The molecule has 2 nitrogen and oxygen atoms in total. The first kappa shape index (κ1) is 14.3. The molecule has 0 amide bonds. The number of hydrogen-bond acceptors (Lipinski definition) is 2. The third kappa shape index (κ3) is 3.47. The maximum Gasteiger partial charge on any atom is 0.164 e. The van der Waals surface area contributed by atoms with Crippen LogP contribution in [0.3, 0.4) is 0 Å². The summed E-state index contributed by atoms with van der Waals surface area (Å²) in [5.41, 5.74) is 4.35. The van der Waals surface area contributed by atoms with Crippen LogP contribution in [0, 0.1) is 13.8 Å². The number of Topliss-reactive ketones (excluding diaryl/α,β-unsaturated/α-hetero) is 1. The highest BCUT2D eigenvalue weighted by molar-refractivity contribution is 5.96. The Labute approximate surface area is 121 Å². The first-order valence-electron chi connectivity index (χ1n) is 6.94. The van der Waals surface area contributed by atoms with E-state index in [1.165, 1.54) is 11.1 Å². The zero-order valence-electron chi connectivity index (χ0n) is 12.4. The largest absolute Gasteiger partial charge is 0.374 e. The molecule has 104 valence electrons. The number of aryl methyl sites for hydroxylation is 2. The van der Waals surface area contributed by atoms with Gasteiger partial charge in [0, 0.05) is 31.3 Å². The van der Waals surface area contributed by atoms with E-state index in [0.29, 0.717) is 6.42 Å². The van der Waals surface area contributed by atoms with Gasteiger partial charge in [-0.2, -0.15) is 0 Å². The van der Waals surface area contributed by atoms with Crippen LogP contribution in [-0.4, -0.2) is 19.4 Å². The van der Waals surface area contributed by atoms with Crippen LogP contribution in [0.2, 0.25) is 0 Å². The number of para-hydroxylation sites is 1. The van der Waals surface area contributed by atoms with Crippen LogP contribution in [0.15, 0.2) is 48.5 Å². The second kappa shape index (κ2) is 6.38. The Morgan fingerprint density at radius 1 is 1.00 bits per heavy atom. The van der Waals surface area contributed by atoms with Gasteiger partial charge in [-0.15, -0.1) is 0 Å². The fourth-order valence-electron chi connectivity index (χ4n) is 2.14. The number of benzene rings is 2. The van der Waals surface area contributed by atoms with Gasteiger partial charge in [-0.1, -0.05) is 30.3 Å². The molecule has 0 bridgehead atoms. The zero-order chi connectivity index (χ0) is 14.5. The molecule has 0 unspecified atom stereocenters. The highest BCUT2D eigenvalue weighted by Crippen LogP contribution is 2.14. The van der Waals surface area contributed by atoms with Crippen LogP contribution in [0.1, 0.15) is 27.9 Å². The lowest BCUT2D eigenvalue weighted by molar-refractivity contribution is 0.0985. The predicted octanol–water partition coefficient (Wildman–Crippen LogP) is 4.01. The average molecular weight is 267 g/mol. The molecule has 2 aromatic rings. The fourth-order valence-corrected chi connectivity index (χ4v) is 2.14. The van der Waals surface area contributed by atoms with E-state index in [9.17, 15) is 4.79 Å². The van der Waals surface area contributed by atoms with Crippen molar-refractivity contribution < 1.29 is 4.79 Å². The van der Waals surface area contributed by atoms with Crippen LogP contribution in [-0.2, 0) is 0 Å². The molecule has 0 aliphatic heterocycles. The number of carbonyl (C=O) groups is 1. The zero-order valence-corrected chi connectivity index (χ0v) is 12.4. The second-order valence-corrected chi connectivity index (χ2v) is 5.23. The van der Waals surface area contributed by atoms with Gasteiger partial charge in [-0.3, -0.25) is 4.79 Å². The fraction of sp³-hybridized carbons (Fsp3) is 0.278. The van der Waals surface area contributed by atoms with Crippen molar-refractivity contribution in [1.82, 2.24) is 0 Å². The summed E-state index contributed by atoms with van der Waals surface area (Å²) in [6.45, 7) is 4.84. The molecule has 0 saturated heterocycles. The van der Waals surface area contributed by atoms with E-state index in [4.69, 9.17) is 0 Å². The Kier molecular flexibility index (Phi) is 4.57. The van der Waals surface area contributed by atoms with Gasteiger partial charge >= 0.3 is 0 Å². The van der Waals surface area contributed by atoms with Crippen molar-refractivity contribution in [2.45, 2.75) is 20.3 Å². The number of carbonyl (C=O) groups excluding carboxylic acids is 1. The van der Waals surface area contributed by atoms with Crippen LogP contribution in [0.5, 0.6) is 0 Å². The molecule has 0 heterocycles. The third-order valence-electron chi connectivity index (χ3n) is 3.70. The second-order valence-electron chi connectivity index (χ2n) is 5.23. The summed E-state index contributed by atoms with van der Waals surface area (Å²) in [5.74, 6) is 0.205. The molecule has 2 rings (SSSR count). The van der Waals surface area contributed by atoms with Crippen molar-refractivity contribution in [1.29, 1.82) is 0 Å². The predicted molar refractivity (Wildman–Crippen MR) is 84.6 cm³/mol. The van der Waals surface area contributed by atoms with Crippen molar-refractivity contribution in [3.8, 4) is 0 Å². The van der Waals surface area contributed by atoms with Gasteiger partial charge in [0.05, 0.1) is 0 Å². The van der Waals surface area contributed by atoms with E-state index in [1.807, 2.05) is 50.4 Å². The van der Waals surface area contributed by atoms with Crippen molar-refractivity contribution in [2.75, 3.05) is 18.5 Å². The summed E-state index contributed by atoms with van der Waals surface area (Å²) in [5, 5.41) is 0. The lowest BCUT2D eigenvalue weighted by atomic mass is 10.0. The van der Waals surface area contributed by atoms with Gasteiger partial charge < -0.3 is 4.90 Å². The Hall–Kier alpha value is -2.09. The molecule has 2 aromatic carbocycles. The summed E-state index contributed by atoms with van der Waals surface area (Å²) in [4.78, 5) is 14.3. The number of anilines is 1. The van der Waals surface area contributed by atoms with Gasteiger partial charge in [0.1, 0.15) is 0 Å². The molecule has 0 saturated carbocycles. The summed E-state index contributed by atoms with van der Waals surface area (Å²) in [7, 11) is 2.02. The SMILES string of the molecule is Cc1ccc(C(=O)CCN(C)c2ccccc2)cc1C. The highest BCUT2D eigenvalue weighted by atomic mass is 16.1. The summed E-state index contributed by atoms with van der Waals surface area (Å²) in [6.07, 6.45) is 0.536. The van der Waals surface area contributed by atoms with Crippen molar-refractivity contribution in [2.24, 2.45) is 0 Å². The molecular weight excluding hydrogens is 246 g/mol. The number of rotatable bonds is 5. The molecule has 0 aromatic heterocycles. The van der Waals surface area contributed by atoms with Crippen LogP contribution in [0.4, 0.5) is 5.69 Å². The van der Waals surface area contributed by atoms with Gasteiger partial charge in [0.25, 0.3) is 0 Å². The van der Waals surface area contributed by atoms with Gasteiger partial charge in [-0.05, 0) is 43.2 Å². The molecule has 0 atom stereocenters. The molecule has 20 heavy (non-hydrogen) atoms. The maximum atomic E-state index is 12.2.